The Kier molecular flexibility index (Phi) is 5.97. The van der Waals surface area contributed by atoms with Crippen LogP contribution in [0.15, 0.2) is 24.8 Å². The van der Waals surface area contributed by atoms with E-state index in [0.29, 0.717) is 18.6 Å². The molecule has 0 fully saturated rings. The lowest BCUT2D eigenvalue weighted by atomic mass is 9.93. The average Bonchev–Trinajstić information content (AvgIpc) is 2.42. The number of carboxylic acid groups (broad SMARTS) is 1. The van der Waals surface area contributed by atoms with Gasteiger partial charge in [-0.3, -0.25) is 0 Å². The van der Waals surface area contributed by atoms with E-state index in [2.05, 4.69) is 6.58 Å². The highest BCUT2D eigenvalue weighted by Crippen LogP contribution is 2.29. The molecule has 0 radical (unpaired) electrons. The predicted molar refractivity (Wildman–Crippen MR) is 77.2 cm³/mol. The SMILES string of the molecule is C=CC(=O)Oc1ccc(C(=O)O)c(CCC)c1CCC. The topological polar surface area (TPSA) is 63.6 Å². The van der Waals surface area contributed by atoms with Crippen molar-refractivity contribution in [2.75, 3.05) is 0 Å². The van der Waals surface area contributed by atoms with Gasteiger partial charge in [0.15, 0.2) is 0 Å². The number of benzene rings is 1. The number of carbonyl (C=O) groups excluding carboxylic acids is 1. The third-order valence-electron chi connectivity index (χ3n) is 3.00. The maximum Gasteiger partial charge on any atom is 0.335 e. The Hall–Kier alpha value is -2.10. The van der Waals surface area contributed by atoms with Crippen molar-refractivity contribution in [3.8, 4) is 5.75 Å². The van der Waals surface area contributed by atoms with Crippen LogP contribution in [0.3, 0.4) is 0 Å². The number of ether oxygens (including phenoxy) is 1. The molecule has 0 heterocycles. The first kappa shape index (κ1) is 16.0. The summed E-state index contributed by atoms with van der Waals surface area (Å²) in [7, 11) is 0. The molecule has 1 rings (SSSR count). The minimum Gasteiger partial charge on any atom is -0.478 e. The van der Waals surface area contributed by atoms with Crippen molar-refractivity contribution < 1.29 is 19.4 Å². The van der Waals surface area contributed by atoms with E-state index in [1.807, 2.05) is 13.8 Å². The van der Waals surface area contributed by atoms with Gasteiger partial charge >= 0.3 is 11.9 Å². The Bertz CT molecular complexity index is 517. The summed E-state index contributed by atoms with van der Waals surface area (Å²) >= 11 is 0. The number of esters is 1. The predicted octanol–water partition coefficient (Wildman–Crippen LogP) is 3.38. The lowest BCUT2D eigenvalue weighted by Crippen LogP contribution is -2.11. The summed E-state index contributed by atoms with van der Waals surface area (Å²) in [5.41, 5.74) is 1.86. The molecule has 0 atom stereocenters. The first-order valence-corrected chi connectivity index (χ1v) is 6.77. The van der Waals surface area contributed by atoms with Gasteiger partial charge in [-0.2, -0.15) is 0 Å². The molecule has 0 saturated heterocycles. The minimum absolute atomic E-state index is 0.286. The molecule has 0 aliphatic rings. The van der Waals surface area contributed by atoms with Crippen LogP contribution in [-0.4, -0.2) is 17.0 Å². The second-order valence-electron chi connectivity index (χ2n) is 4.50. The zero-order valence-corrected chi connectivity index (χ0v) is 11.9. The molecule has 108 valence electrons. The number of carbonyl (C=O) groups is 2. The van der Waals surface area contributed by atoms with E-state index in [9.17, 15) is 14.7 Å². The first-order chi connectivity index (χ1) is 9.54. The van der Waals surface area contributed by atoms with Gasteiger partial charge in [-0.05, 0) is 36.1 Å². The molecule has 20 heavy (non-hydrogen) atoms. The van der Waals surface area contributed by atoms with E-state index in [0.717, 1.165) is 30.0 Å². The Morgan fingerprint density at radius 2 is 1.80 bits per heavy atom. The third kappa shape index (κ3) is 3.70. The summed E-state index contributed by atoms with van der Waals surface area (Å²) in [5.74, 6) is -1.05. The highest BCUT2D eigenvalue weighted by molar-refractivity contribution is 5.91. The van der Waals surface area contributed by atoms with Crippen LogP contribution < -0.4 is 4.74 Å². The monoisotopic (exact) mass is 276 g/mol. The van der Waals surface area contributed by atoms with Gasteiger partial charge in [0.05, 0.1) is 5.56 Å². The fraction of sp³-hybridized carbons (Fsp3) is 0.375. The number of rotatable bonds is 7. The molecule has 0 unspecified atom stereocenters. The van der Waals surface area contributed by atoms with Crippen molar-refractivity contribution in [2.24, 2.45) is 0 Å². The van der Waals surface area contributed by atoms with E-state index < -0.39 is 11.9 Å². The molecule has 4 heteroatoms. The van der Waals surface area contributed by atoms with Gasteiger partial charge in [0.2, 0.25) is 0 Å². The van der Waals surface area contributed by atoms with Crippen molar-refractivity contribution in [1.29, 1.82) is 0 Å². The first-order valence-electron chi connectivity index (χ1n) is 6.77. The number of aromatic carboxylic acids is 1. The number of hydrogen-bond donors (Lipinski definition) is 1. The summed E-state index contributed by atoms with van der Waals surface area (Å²) in [6, 6.07) is 3.05. The van der Waals surface area contributed by atoms with Crippen LogP contribution in [0, 0.1) is 0 Å². The van der Waals surface area contributed by atoms with E-state index in [1.165, 1.54) is 6.07 Å². The molecular formula is C16H20O4. The molecule has 0 spiro atoms. The molecule has 1 aromatic rings. The molecule has 0 bridgehead atoms. The van der Waals surface area contributed by atoms with Crippen LogP contribution in [0.5, 0.6) is 5.75 Å². The standard InChI is InChI=1S/C16H20O4/c1-4-7-11-12(8-5-2)14(20-15(17)6-3)10-9-13(11)16(18)19/h6,9-10H,3-5,7-8H2,1-2H3,(H,18,19). The Balaban J connectivity index is 3.37. The largest absolute Gasteiger partial charge is 0.478 e. The van der Waals surface area contributed by atoms with Gasteiger partial charge in [-0.15, -0.1) is 0 Å². The van der Waals surface area contributed by atoms with Gasteiger partial charge in [0, 0.05) is 6.08 Å². The van der Waals surface area contributed by atoms with Gasteiger partial charge in [-0.1, -0.05) is 33.3 Å². The van der Waals surface area contributed by atoms with Crippen LogP contribution in [0.25, 0.3) is 0 Å². The quantitative estimate of drug-likeness (QED) is 0.471. The molecule has 0 aliphatic heterocycles. The molecule has 1 aromatic carbocycles. The van der Waals surface area contributed by atoms with Gasteiger partial charge in [0.25, 0.3) is 0 Å². The van der Waals surface area contributed by atoms with E-state index in [1.54, 1.807) is 6.07 Å². The van der Waals surface area contributed by atoms with E-state index in [-0.39, 0.29) is 5.56 Å². The molecule has 0 aliphatic carbocycles. The Morgan fingerprint density at radius 3 is 2.30 bits per heavy atom. The zero-order valence-electron chi connectivity index (χ0n) is 11.9. The lowest BCUT2D eigenvalue weighted by Gasteiger charge is -2.16. The normalized spacial score (nSPS) is 10.1. The second-order valence-corrected chi connectivity index (χ2v) is 4.50. The highest BCUT2D eigenvalue weighted by Gasteiger charge is 2.18. The van der Waals surface area contributed by atoms with Crippen LogP contribution in [-0.2, 0) is 17.6 Å². The number of carboxylic acids is 1. The zero-order chi connectivity index (χ0) is 15.1. The maximum atomic E-state index is 11.4. The highest BCUT2D eigenvalue weighted by atomic mass is 16.5. The number of hydrogen-bond acceptors (Lipinski definition) is 3. The van der Waals surface area contributed by atoms with Gasteiger partial charge < -0.3 is 9.84 Å². The van der Waals surface area contributed by atoms with E-state index >= 15 is 0 Å². The van der Waals surface area contributed by atoms with Crippen molar-refractivity contribution in [2.45, 2.75) is 39.5 Å². The van der Waals surface area contributed by atoms with Crippen molar-refractivity contribution in [3.05, 3.63) is 41.5 Å². The third-order valence-corrected chi connectivity index (χ3v) is 3.00. The van der Waals surface area contributed by atoms with Crippen molar-refractivity contribution >= 4 is 11.9 Å². The molecule has 0 amide bonds. The Labute approximate surface area is 119 Å². The Morgan fingerprint density at radius 1 is 1.20 bits per heavy atom. The van der Waals surface area contributed by atoms with Gasteiger partial charge in [0.1, 0.15) is 5.75 Å². The van der Waals surface area contributed by atoms with Crippen LogP contribution in [0.2, 0.25) is 0 Å². The molecule has 0 saturated carbocycles. The van der Waals surface area contributed by atoms with E-state index in [4.69, 9.17) is 4.74 Å². The summed E-state index contributed by atoms with van der Waals surface area (Å²) < 4.78 is 5.22. The summed E-state index contributed by atoms with van der Waals surface area (Å²) in [6.07, 6.45) is 4.10. The lowest BCUT2D eigenvalue weighted by molar-refractivity contribution is -0.129. The summed E-state index contributed by atoms with van der Waals surface area (Å²) in [4.78, 5) is 22.7. The average molecular weight is 276 g/mol. The second kappa shape index (κ2) is 7.48. The fourth-order valence-electron chi connectivity index (χ4n) is 2.18. The fourth-order valence-corrected chi connectivity index (χ4v) is 2.18. The minimum atomic E-state index is -0.951. The van der Waals surface area contributed by atoms with Crippen LogP contribution >= 0.6 is 0 Å². The summed E-state index contributed by atoms with van der Waals surface area (Å²) in [5, 5.41) is 9.28. The summed E-state index contributed by atoms with van der Waals surface area (Å²) in [6.45, 7) is 7.36. The van der Waals surface area contributed by atoms with Crippen LogP contribution in [0.4, 0.5) is 0 Å². The smallest absolute Gasteiger partial charge is 0.335 e. The van der Waals surface area contributed by atoms with Crippen molar-refractivity contribution in [3.63, 3.8) is 0 Å². The molecule has 1 N–H and O–H groups in total. The molecule has 4 nitrogen and oxygen atoms in total. The maximum absolute atomic E-state index is 11.4. The van der Waals surface area contributed by atoms with Crippen molar-refractivity contribution in [1.82, 2.24) is 0 Å². The van der Waals surface area contributed by atoms with Crippen LogP contribution in [0.1, 0.15) is 48.2 Å². The molecule has 0 aromatic heterocycles. The van der Waals surface area contributed by atoms with Gasteiger partial charge in [-0.25, -0.2) is 9.59 Å². The molecular weight excluding hydrogens is 256 g/mol.